The number of morpholine rings is 1. The van der Waals surface area contributed by atoms with Crippen LogP contribution in [-0.2, 0) is 4.74 Å². The monoisotopic (exact) mass is 369 g/mol. The van der Waals surface area contributed by atoms with Crippen LogP contribution in [0.2, 0.25) is 5.02 Å². The summed E-state index contributed by atoms with van der Waals surface area (Å²) in [6, 6.07) is 4.07. The molecular weight excluding hydrogens is 346 g/mol. The molecule has 8 heteroatoms. The minimum atomic E-state index is -0.539. The van der Waals surface area contributed by atoms with E-state index in [0.29, 0.717) is 25.7 Å². The third-order valence-corrected chi connectivity index (χ3v) is 4.54. The molecule has 1 aromatic carbocycles. The Hall–Kier alpha value is -1.70. The Morgan fingerprint density at radius 2 is 2.08 bits per heavy atom. The lowest BCUT2D eigenvalue weighted by molar-refractivity contribution is -0.384. The highest BCUT2D eigenvalue weighted by atomic mass is 35.5. The molecule has 1 aliphatic rings. The van der Waals surface area contributed by atoms with E-state index in [1.54, 1.807) is 0 Å². The number of rotatable bonds is 7. The van der Waals surface area contributed by atoms with Gasteiger partial charge in [-0.3, -0.25) is 19.8 Å². The Kier molecular flexibility index (Phi) is 7.16. The van der Waals surface area contributed by atoms with Crippen molar-refractivity contribution in [3.8, 4) is 0 Å². The minimum Gasteiger partial charge on any atom is -0.379 e. The summed E-state index contributed by atoms with van der Waals surface area (Å²) in [6.07, 6.45) is 0.947. The second-order valence-electron chi connectivity index (χ2n) is 6.56. The molecule has 0 saturated carbocycles. The highest BCUT2D eigenvalue weighted by molar-refractivity contribution is 6.33. The van der Waals surface area contributed by atoms with Gasteiger partial charge < -0.3 is 10.1 Å². The van der Waals surface area contributed by atoms with E-state index in [0.717, 1.165) is 19.5 Å². The van der Waals surface area contributed by atoms with Crippen LogP contribution in [0.25, 0.3) is 0 Å². The number of nitrogens with one attached hydrogen (secondary N) is 1. The molecule has 138 valence electrons. The number of hydrogen-bond donors (Lipinski definition) is 1. The van der Waals surface area contributed by atoms with E-state index in [1.807, 2.05) is 0 Å². The smallest absolute Gasteiger partial charge is 0.270 e. The number of benzene rings is 1. The zero-order valence-corrected chi connectivity index (χ0v) is 15.3. The Morgan fingerprint density at radius 3 is 2.68 bits per heavy atom. The molecule has 1 saturated heterocycles. The van der Waals surface area contributed by atoms with Crippen molar-refractivity contribution in [1.82, 2.24) is 10.2 Å². The van der Waals surface area contributed by atoms with Crippen molar-refractivity contribution in [3.05, 3.63) is 38.9 Å². The van der Waals surface area contributed by atoms with Crippen LogP contribution in [-0.4, -0.2) is 54.6 Å². The standard InChI is InChI=1S/C17H24ClN3O4/c1-12(2)9-14(20-5-7-25-8-6-20)11-19-17(22)15-10-13(21(23)24)3-4-16(15)18/h3-4,10,12,14H,5-9,11H2,1-2H3,(H,19,22). The predicted molar refractivity (Wildman–Crippen MR) is 96.1 cm³/mol. The number of nitrogens with zero attached hydrogens (tertiary/aromatic N) is 2. The molecular formula is C17H24ClN3O4. The summed E-state index contributed by atoms with van der Waals surface area (Å²) < 4.78 is 5.39. The molecule has 1 amide bonds. The summed E-state index contributed by atoms with van der Waals surface area (Å²) in [5, 5.41) is 14.0. The highest BCUT2D eigenvalue weighted by Gasteiger charge is 2.23. The molecule has 0 aliphatic carbocycles. The van der Waals surface area contributed by atoms with Crippen molar-refractivity contribution in [2.24, 2.45) is 5.92 Å². The number of halogens is 1. The minimum absolute atomic E-state index is 0.126. The first-order valence-corrected chi connectivity index (χ1v) is 8.80. The fourth-order valence-electron chi connectivity index (χ4n) is 2.95. The summed E-state index contributed by atoms with van der Waals surface area (Å²) in [4.78, 5) is 25.1. The lowest BCUT2D eigenvalue weighted by atomic mass is 10.0. The molecule has 7 nitrogen and oxygen atoms in total. The van der Waals surface area contributed by atoms with Crippen molar-refractivity contribution in [2.75, 3.05) is 32.8 Å². The number of carbonyl (C=O) groups excluding carboxylic acids is 1. The SMILES string of the molecule is CC(C)CC(CNC(=O)c1cc([N+](=O)[O-])ccc1Cl)N1CCOCC1. The maximum absolute atomic E-state index is 12.5. The maximum atomic E-state index is 12.5. The Balaban J connectivity index is 2.04. The summed E-state index contributed by atoms with van der Waals surface area (Å²) in [6.45, 7) is 7.82. The zero-order valence-electron chi connectivity index (χ0n) is 14.5. The average molecular weight is 370 g/mol. The number of nitro benzene ring substituents is 1. The number of non-ortho nitro benzene ring substituents is 1. The molecule has 1 fully saturated rings. The predicted octanol–water partition coefficient (Wildman–Crippen LogP) is 2.72. The van der Waals surface area contributed by atoms with Gasteiger partial charge in [0.2, 0.25) is 0 Å². The third kappa shape index (κ3) is 5.66. The van der Waals surface area contributed by atoms with Crippen LogP contribution in [0.3, 0.4) is 0 Å². The summed E-state index contributed by atoms with van der Waals surface area (Å²) >= 11 is 6.03. The normalized spacial score (nSPS) is 16.6. The average Bonchev–Trinajstić information content (AvgIpc) is 2.59. The number of hydrogen-bond acceptors (Lipinski definition) is 5. The largest absolute Gasteiger partial charge is 0.379 e. The van der Waals surface area contributed by atoms with Gasteiger partial charge in [0.25, 0.3) is 11.6 Å². The van der Waals surface area contributed by atoms with Crippen LogP contribution in [0, 0.1) is 16.0 Å². The Morgan fingerprint density at radius 1 is 1.40 bits per heavy atom. The third-order valence-electron chi connectivity index (χ3n) is 4.21. The lowest BCUT2D eigenvalue weighted by Gasteiger charge is -2.35. The van der Waals surface area contributed by atoms with Crippen LogP contribution in [0.1, 0.15) is 30.6 Å². The highest BCUT2D eigenvalue weighted by Crippen LogP contribution is 2.22. The van der Waals surface area contributed by atoms with E-state index in [4.69, 9.17) is 16.3 Å². The van der Waals surface area contributed by atoms with Crippen LogP contribution >= 0.6 is 11.6 Å². The molecule has 1 unspecified atom stereocenters. The number of carbonyl (C=O) groups is 1. The molecule has 1 aromatic rings. The molecule has 1 heterocycles. The second kappa shape index (κ2) is 9.12. The topological polar surface area (TPSA) is 84.7 Å². The van der Waals surface area contributed by atoms with E-state index in [9.17, 15) is 14.9 Å². The molecule has 25 heavy (non-hydrogen) atoms. The van der Waals surface area contributed by atoms with E-state index in [2.05, 4.69) is 24.1 Å². The fourth-order valence-corrected chi connectivity index (χ4v) is 3.16. The van der Waals surface area contributed by atoms with Gasteiger partial charge in [-0.05, 0) is 18.4 Å². The van der Waals surface area contributed by atoms with Gasteiger partial charge in [-0.1, -0.05) is 25.4 Å². The fraction of sp³-hybridized carbons (Fsp3) is 0.588. The number of amides is 1. The lowest BCUT2D eigenvalue weighted by Crippen LogP contribution is -2.49. The zero-order chi connectivity index (χ0) is 18.4. The number of nitro groups is 1. The summed E-state index contributed by atoms with van der Waals surface area (Å²) in [5.74, 6) is 0.0989. The van der Waals surface area contributed by atoms with Crippen LogP contribution in [0.4, 0.5) is 5.69 Å². The van der Waals surface area contributed by atoms with Crippen LogP contribution in [0.5, 0.6) is 0 Å². The quantitative estimate of drug-likeness (QED) is 0.590. The van der Waals surface area contributed by atoms with Crippen molar-refractivity contribution in [3.63, 3.8) is 0 Å². The van der Waals surface area contributed by atoms with Gasteiger partial charge in [-0.25, -0.2) is 0 Å². The van der Waals surface area contributed by atoms with Gasteiger partial charge in [-0.2, -0.15) is 0 Å². The van der Waals surface area contributed by atoms with Gasteiger partial charge in [-0.15, -0.1) is 0 Å². The van der Waals surface area contributed by atoms with Crippen molar-refractivity contribution >= 4 is 23.2 Å². The Labute approximate surface area is 152 Å². The van der Waals surface area contributed by atoms with E-state index in [1.165, 1.54) is 18.2 Å². The molecule has 1 aliphatic heterocycles. The van der Waals surface area contributed by atoms with E-state index in [-0.39, 0.29) is 22.3 Å². The van der Waals surface area contributed by atoms with Crippen LogP contribution in [0.15, 0.2) is 18.2 Å². The Bertz CT molecular complexity index is 618. The molecule has 0 bridgehead atoms. The number of ether oxygens (including phenoxy) is 1. The van der Waals surface area contributed by atoms with Gasteiger partial charge in [0.05, 0.1) is 28.7 Å². The van der Waals surface area contributed by atoms with E-state index >= 15 is 0 Å². The first-order valence-electron chi connectivity index (χ1n) is 8.42. The van der Waals surface area contributed by atoms with Crippen LogP contribution < -0.4 is 5.32 Å². The van der Waals surface area contributed by atoms with Gasteiger partial charge in [0.1, 0.15) is 0 Å². The van der Waals surface area contributed by atoms with Crippen molar-refractivity contribution in [1.29, 1.82) is 0 Å². The van der Waals surface area contributed by atoms with Gasteiger partial charge in [0, 0.05) is 37.8 Å². The first kappa shape index (κ1) is 19.6. The molecule has 1 atom stereocenters. The molecule has 1 N–H and O–H groups in total. The van der Waals surface area contributed by atoms with Gasteiger partial charge in [0.15, 0.2) is 0 Å². The van der Waals surface area contributed by atoms with Gasteiger partial charge >= 0.3 is 0 Å². The molecule has 0 radical (unpaired) electrons. The molecule has 2 rings (SSSR count). The molecule has 0 aromatic heterocycles. The first-order chi connectivity index (χ1) is 11.9. The maximum Gasteiger partial charge on any atom is 0.270 e. The second-order valence-corrected chi connectivity index (χ2v) is 6.97. The van der Waals surface area contributed by atoms with Crippen molar-refractivity contribution < 1.29 is 14.5 Å². The summed E-state index contributed by atoms with van der Waals surface area (Å²) in [5.41, 5.74) is -0.0254. The van der Waals surface area contributed by atoms with E-state index < -0.39 is 10.8 Å². The molecule has 0 spiro atoms. The van der Waals surface area contributed by atoms with Crippen molar-refractivity contribution in [2.45, 2.75) is 26.3 Å². The summed E-state index contributed by atoms with van der Waals surface area (Å²) in [7, 11) is 0.